The zero-order valence-corrected chi connectivity index (χ0v) is 11.5. The smallest absolute Gasteiger partial charge is 0.224 e. The third-order valence-corrected chi connectivity index (χ3v) is 2.60. The minimum Gasteiger partial charge on any atom is -0.356 e. The molecule has 1 heterocycles. The van der Waals surface area contributed by atoms with Gasteiger partial charge in [0, 0.05) is 12.7 Å². The lowest BCUT2D eigenvalue weighted by atomic mass is 10.1. The molecule has 1 N–H and O–H groups in total. The fraction of sp³-hybridized carbons (Fsp3) is 0.636. The van der Waals surface area contributed by atoms with Crippen molar-refractivity contribution in [3.63, 3.8) is 0 Å². The van der Waals surface area contributed by atoms with Crippen LogP contribution in [0.4, 0.5) is 0 Å². The van der Waals surface area contributed by atoms with Gasteiger partial charge in [-0.15, -0.1) is 0 Å². The maximum atomic E-state index is 11.7. The zero-order valence-electron chi connectivity index (χ0n) is 9.90. The topological polar surface area (TPSA) is 46.9 Å². The molecular weight excluding hydrogens is 270 g/mol. The number of carbonyl (C=O) groups is 1. The van der Waals surface area contributed by atoms with Gasteiger partial charge in [0.05, 0.1) is 23.1 Å². The van der Waals surface area contributed by atoms with Gasteiger partial charge in [0.25, 0.3) is 0 Å². The Kier molecular flexibility index (Phi) is 4.99. The molecule has 0 aliphatic carbocycles. The molecule has 5 heteroatoms. The van der Waals surface area contributed by atoms with Crippen LogP contribution in [0.3, 0.4) is 0 Å². The monoisotopic (exact) mass is 287 g/mol. The van der Waals surface area contributed by atoms with Crippen molar-refractivity contribution in [2.45, 2.75) is 27.3 Å². The highest BCUT2D eigenvalue weighted by molar-refractivity contribution is 9.10. The Morgan fingerprint density at radius 3 is 2.75 bits per heavy atom. The lowest BCUT2D eigenvalue weighted by molar-refractivity contribution is -0.125. The van der Waals surface area contributed by atoms with Gasteiger partial charge in [-0.2, -0.15) is 5.10 Å². The van der Waals surface area contributed by atoms with Crippen LogP contribution in [0.15, 0.2) is 16.9 Å². The molecule has 0 unspecified atom stereocenters. The number of halogens is 1. The number of hydrogen-bond donors (Lipinski definition) is 1. The number of nitrogens with zero attached hydrogens (tertiary/aromatic N) is 2. The second kappa shape index (κ2) is 6.03. The van der Waals surface area contributed by atoms with E-state index in [1.54, 1.807) is 10.9 Å². The first kappa shape index (κ1) is 13.2. The molecule has 1 rings (SSSR count). The van der Waals surface area contributed by atoms with E-state index in [0.717, 1.165) is 11.0 Å². The lowest BCUT2D eigenvalue weighted by Crippen LogP contribution is -2.34. The summed E-state index contributed by atoms with van der Waals surface area (Å²) in [6.45, 7) is 7.40. The van der Waals surface area contributed by atoms with Crippen LogP contribution in [0.2, 0.25) is 0 Å². The molecule has 4 nitrogen and oxygen atoms in total. The van der Waals surface area contributed by atoms with E-state index in [4.69, 9.17) is 0 Å². The molecule has 0 radical (unpaired) electrons. The maximum Gasteiger partial charge on any atom is 0.224 e. The summed E-state index contributed by atoms with van der Waals surface area (Å²) in [5, 5.41) is 7.04. The number of aromatic nitrogens is 2. The summed E-state index contributed by atoms with van der Waals surface area (Å²) < 4.78 is 2.70. The van der Waals surface area contributed by atoms with Crippen LogP contribution in [0, 0.1) is 11.8 Å². The molecule has 0 aliphatic heterocycles. The molecular formula is C11H18BrN3O. The van der Waals surface area contributed by atoms with E-state index in [0.29, 0.717) is 12.5 Å². The van der Waals surface area contributed by atoms with Crippen LogP contribution in [0.25, 0.3) is 0 Å². The average molecular weight is 288 g/mol. The predicted octanol–water partition coefficient (Wildman–Crippen LogP) is 2.05. The molecule has 0 aliphatic rings. The third kappa shape index (κ3) is 4.35. The Labute approximate surface area is 105 Å². The van der Waals surface area contributed by atoms with Crippen LogP contribution < -0.4 is 5.32 Å². The fourth-order valence-electron chi connectivity index (χ4n) is 1.28. The minimum atomic E-state index is -0.0643. The Morgan fingerprint density at radius 1 is 1.56 bits per heavy atom. The van der Waals surface area contributed by atoms with Crippen LogP contribution in [0.1, 0.15) is 20.8 Å². The number of rotatable bonds is 5. The van der Waals surface area contributed by atoms with Gasteiger partial charge in [-0.25, -0.2) is 0 Å². The van der Waals surface area contributed by atoms with Crippen molar-refractivity contribution in [3.05, 3.63) is 16.9 Å². The lowest BCUT2D eigenvalue weighted by Gasteiger charge is -2.13. The van der Waals surface area contributed by atoms with Crippen molar-refractivity contribution in [1.82, 2.24) is 15.1 Å². The van der Waals surface area contributed by atoms with Gasteiger partial charge in [-0.3, -0.25) is 9.48 Å². The van der Waals surface area contributed by atoms with Crippen molar-refractivity contribution in [3.8, 4) is 0 Å². The van der Waals surface area contributed by atoms with E-state index < -0.39 is 0 Å². The second-order valence-electron chi connectivity index (χ2n) is 4.42. The standard InChI is InChI=1S/C11H18BrN3O/c1-8(2)4-13-11(16)9(3)6-15-7-10(12)5-14-15/h5,7-9H,4,6H2,1-3H3,(H,13,16)/t9-/m1/s1. The summed E-state index contributed by atoms with van der Waals surface area (Å²) in [6, 6.07) is 0. The number of hydrogen-bond acceptors (Lipinski definition) is 2. The molecule has 0 saturated heterocycles. The first-order chi connectivity index (χ1) is 7.49. The summed E-state index contributed by atoms with van der Waals surface area (Å²) in [7, 11) is 0. The molecule has 90 valence electrons. The van der Waals surface area contributed by atoms with Crippen molar-refractivity contribution in [2.75, 3.05) is 6.54 Å². The first-order valence-corrected chi connectivity index (χ1v) is 6.24. The van der Waals surface area contributed by atoms with E-state index >= 15 is 0 Å². The van der Waals surface area contributed by atoms with Gasteiger partial charge >= 0.3 is 0 Å². The molecule has 1 aromatic heterocycles. The van der Waals surface area contributed by atoms with E-state index in [9.17, 15) is 4.79 Å². The number of amides is 1. The van der Waals surface area contributed by atoms with Crippen molar-refractivity contribution in [1.29, 1.82) is 0 Å². The summed E-state index contributed by atoms with van der Waals surface area (Å²) in [4.78, 5) is 11.7. The van der Waals surface area contributed by atoms with E-state index in [2.05, 4.69) is 40.2 Å². The second-order valence-corrected chi connectivity index (χ2v) is 5.34. The average Bonchev–Trinajstić information content (AvgIpc) is 2.60. The van der Waals surface area contributed by atoms with Crippen molar-refractivity contribution in [2.24, 2.45) is 11.8 Å². The van der Waals surface area contributed by atoms with Crippen LogP contribution >= 0.6 is 15.9 Å². The highest BCUT2D eigenvalue weighted by Crippen LogP contribution is 2.08. The van der Waals surface area contributed by atoms with Crippen LogP contribution in [0.5, 0.6) is 0 Å². The zero-order chi connectivity index (χ0) is 12.1. The van der Waals surface area contributed by atoms with E-state index in [-0.39, 0.29) is 11.8 Å². The Balaban J connectivity index is 2.39. The molecule has 16 heavy (non-hydrogen) atoms. The summed E-state index contributed by atoms with van der Waals surface area (Å²) in [6.07, 6.45) is 3.59. The highest BCUT2D eigenvalue weighted by atomic mass is 79.9. The quantitative estimate of drug-likeness (QED) is 0.901. The molecule has 0 saturated carbocycles. The predicted molar refractivity (Wildman–Crippen MR) is 66.9 cm³/mol. The molecule has 0 bridgehead atoms. The minimum absolute atomic E-state index is 0.0643. The third-order valence-electron chi connectivity index (χ3n) is 2.19. The van der Waals surface area contributed by atoms with Gasteiger partial charge in [0.1, 0.15) is 0 Å². The van der Waals surface area contributed by atoms with Gasteiger partial charge < -0.3 is 5.32 Å². The normalized spacial score (nSPS) is 12.8. The fourth-order valence-corrected chi connectivity index (χ4v) is 1.61. The molecule has 1 atom stereocenters. The van der Waals surface area contributed by atoms with E-state index in [1.165, 1.54) is 0 Å². The van der Waals surface area contributed by atoms with Crippen molar-refractivity contribution >= 4 is 21.8 Å². The summed E-state index contributed by atoms with van der Waals surface area (Å²) in [5.74, 6) is 0.501. The van der Waals surface area contributed by atoms with Gasteiger partial charge in [-0.1, -0.05) is 20.8 Å². The largest absolute Gasteiger partial charge is 0.356 e. The van der Waals surface area contributed by atoms with Gasteiger partial charge in [-0.05, 0) is 21.8 Å². The molecule has 1 amide bonds. The molecule has 0 aromatic carbocycles. The molecule has 1 aromatic rings. The maximum absolute atomic E-state index is 11.7. The van der Waals surface area contributed by atoms with Gasteiger partial charge in [0.2, 0.25) is 5.91 Å². The number of nitrogens with one attached hydrogen (secondary N) is 1. The molecule has 0 spiro atoms. The van der Waals surface area contributed by atoms with Gasteiger partial charge in [0.15, 0.2) is 0 Å². The van der Waals surface area contributed by atoms with Crippen molar-refractivity contribution < 1.29 is 4.79 Å². The Hall–Kier alpha value is -0.840. The van der Waals surface area contributed by atoms with E-state index in [1.807, 2.05) is 13.1 Å². The Morgan fingerprint density at radius 2 is 2.25 bits per heavy atom. The number of carbonyl (C=O) groups excluding carboxylic acids is 1. The first-order valence-electron chi connectivity index (χ1n) is 5.44. The Bertz CT molecular complexity index is 349. The molecule has 0 fully saturated rings. The summed E-state index contributed by atoms with van der Waals surface area (Å²) >= 11 is 3.33. The van der Waals surface area contributed by atoms with Crippen LogP contribution in [-0.4, -0.2) is 22.2 Å². The SMILES string of the molecule is CC(C)CNC(=O)[C@H](C)Cn1cc(Br)cn1. The van der Waals surface area contributed by atoms with Crippen LogP contribution in [-0.2, 0) is 11.3 Å². The highest BCUT2D eigenvalue weighted by Gasteiger charge is 2.13. The summed E-state index contributed by atoms with van der Waals surface area (Å²) in [5.41, 5.74) is 0.